The highest BCUT2D eigenvalue weighted by Gasteiger charge is 2.14. The first-order chi connectivity index (χ1) is 9.47. The van der Waals surface area contributed by atoms with Crippen LogP contribution in [0.15, 0.2) is 36.4 Å². The summed E-state index contributed by atoms with van der Waals surface area (Å²) in [4.78, 5) is 12.1. The van der Waals surface area contributed by atoms with Gasteiger partial charge in [0.25, 0.3) is 5.91 Å². The minimum Gasteiger partial charge on any atom is -0.398 e. The molecule has 0 aliphatic rings. The molecule has 0 aliphatic carbocycles. The molecule has 6 heteroatoms. The monoisotopic (exact) mass is 420 g/mol. The van der Waals surface area contributed by atoms with E-state index in [1.807, 2.05) is 24.3 Å². The SMILES string of the molecule is Nc1cc(Cl)cc(Cl)c1C(=O)NCc1ccc(I)cc1. The topological polar surface area (TPSA) is 55.1 Å². The smallest absolute Gasteiger partial charge is 0.255 e. The van der Waals surface area contributed by atoms with Crippen LogP contribution in [0, 0.1) is 3.57 Å². The number of rotatable bonds is 3. The summed E-state index contributed by atoms with van der Waals surface area (Å²) < 4.78 is 1.14. The summed E-state index contributed by atoms with van der Waals surface area (Å²) in [5, 5.41) is 3.44. The third-order valence-electron chi connectivity index (χ3n) is 2.68. The highest BCUT2D eigenvalue weighted by Crippen LogP contribution is 2.27. The molecule has 0 radical (unpaired) electrons. The van der Waals surface area contributed by atoms with E-state index in [1.165, 1.54) is 12.1 Å². The highest BCUT2D eigenvalue weighted by molar-refractivity contribution is 14.1. The van der Waals surface area contributed by atoms with Gasteiger partial charge < -0.3 is 11.1 Å². The zero-order chi connectivity index (χ0) is 14.7. The van der Waals surface area contributed by atoms with E-state index < -0.39 is 0 Å². The normalized spacial score (nSPS) is 10.3. The Morgan fingerprint density at radius 1 is 1.20 bits per heavy atom. The third kappa shape index (κ3) is 3.77. The molecule has 104 valence electrons. The number of carbonyl (C=O) groups excluding carboxylic acids is 1. The molecule has 3 N–H and O–H groups in total. The van der Waals surface area contributed by atoms with Crippen molar-refractivity contribution in [3.8, 4) is 0 Å². The van der Waals surface area contributed by atoms with Gasteiger partial charge in [-0.1, -0.05) is 35.3 Å². The summed E-state index contributed by atoms with van der Waals surface area (Å²) in [6, 6.07) is 10.9. The molecule has 0 fully saturated rings. The number of amides is 1. The first kappa shape index (κ1) is 15.4. The fourth-order valence-corrected chi connectivity index (χ4v) is 2.66. The molecule has 2 aromatic rings. The van der Waals surface area contributed by atoms with Crippen LogP contribution in [0.3, 0.4) is 0 Å². The minimum absolute atomic E-state index is 0.245. The van der Waals surface area contributed by atoms with Gasteiger partial charge in [-0.3, -0.25) is 4.79 Å². The van der Waals surface area contributed by atoms with E-state index in [-0.39, 0.29) is 22.2 Å². The Hall–Kier alpha value is -0.980. The van der Waals surface area contributed by atoms with Crippen LogP contribution in [-0.4, -0.2) is 5.91 Å². The molecule has 0 atom stereocenters. The predicted octanol–water partition coefficient (Wildman–Crippen LogP) is 4.11. The van der Waals surface area contributed by atoms with Crippen LogP contribution in [-0.2, 0) is 6.54 Å². The van der Waals surface area contributed by atoms with E-state index in [2.05, 4.69) is 27.9 Å². The van der Waals surface area contributed by atoms with Crippen molar-refractivity contribution < 1.29 is 4.79 Å². The van der Waals surface area contributed by atoms with E-state index in [0.717, 1.165) is 9.13 Å². The lowest BCUT2D eigenvalue weighted by atomic mass is 10.1. The van der Waals surface area contributed by atoms with Crippen molar-refractivity contribution >= 4 is 57.4 Å². The number of anilines is 1. The molecule has 0 saturated heterocycles. The minimum atomic E-state index is -0.317. The third-order valence-corrected chi connectivity index (χ3v) is 3.91. The summed E-state index contributed by atoms with van der Waals surface area (Å²) in [6.45, 7) is 0.411. The molecule has 1 amide bonds. The van der Waals surface area contributed by atoms with Gasteiger partial charge >= 0.3 is 0 Å². The fraction of sp³-hybridized carbons (Fsp3) is 0.0714. The molecular weight excluding hydrogens is 410 g/mol. The van der Waals surface area contributed by atoms with Crippen molar-refractivity contribution in [3.05, 3.63) is 61.1 Å². The maximum Gasteiger partial charge on any atom is 0.255 e. The van der Waals surface area contributed by atoms with Crippen LogP contribution >= 0.6 is 45.8 Å². The molecule has 20 heavy (non-hydrogen) atoms. The summed E-state index contributed by atoms with van der Waals surface area (Å²) in [5.74, 6) is -0.317. The van der Waals surface area contributed by atoms with Gasteiger partial charge in [0.2, 0.25) is 0 Å². The quantitative estimate of drug-likeness (QED) is 0.579. The molecule has 0 aromatic heterocycles. The largest absolute Gasteiger partial charge is 0.398 e. The lowest BCUT2D eigenvalue weighted by Gasteiger charge is -2.10. The van der Waals surface area contributed by atoms with Gasteiger partial charge in [0, 0.05) is 20.8 Å². The van der Waals surface area contributed by atoms with Gasteiger partial charge in [-0.15, -0.1) is 0 Å². The molecule has 0 spiro atoms. The number of carbonyl (C=O) groups is 1. The second-order valence-electron chi connectivity index (χ2n) is 4.16. The van der Waals surface area contributed by atoms with Crippen LogP contribution in [0.4, 0.5) is 5.69 Å². The zero-order valence-corrected chi connectivity index (χ0v) is 14.0. The van der Waals surface area contributed by atoms with E-state index in [9.17, 15) is 4.79 Å². The van der Waals surface area contributed by atoms with Gasteiger partial charge in [-0.05, 0) is 52.4 Å². The van der Waals surface area contributed by atoms with Gasteiger partial charge in [0.15, 0.2) is 0 Å². The van der Waals surface area contributed by atoms with Gasteiger partial charge in [-0.2, -0.15) is 0 Å². The lowest BCUT2D eigenvalue weighted by molar-refractivity contribution is 0.0952. The molecule has 0 bridgehead atoms. The lowest BCUT2D eigenvalue weighted by Crippen LogP contribution is -2.24. The highest BCUT2D eigenvalue weighted by atomic mass is 127. The summed E-state index contributed by atoms with van der Waals surface area (Å²) in [6.07, 6.45) is 0. The van der Waals surface area contributed by atoms with E-state index in [0.29, 0.717) is 11.6 Å². The van der Waals surface area contributed by atoms with E-state index >= 15 is 0 Å². The van der Waals surface area contributed by atoms with Gasteiger partial charge in [0.05, 0.1) is 10.6 Å². The van der Waals surface area contributed by atoms with Gasteiger partial charge in [-0.25, -0.2) is 0 Å². The Labute approximate surface area is 140 Å². The molecule has 2 rings (SSSR count). The molecule has 0 aliphatic heterocycles. The number of nitrogen functional groups attached to an aromatic ring is 1. The van der Waals surface area contributed by atoms with E-state index in [1.54, 1.807) is 0 Å². The average molecular weight is 421 g/mol. The number of benzene rings is 2. The first-order valence-corrected chi connectivity index (χ1v) is 7.58. The van der Waals surface area contributed by atoms with Crippen molar-refractivity contribution in [1.82, 2.24) is 5.32 Å². The van der Waals surface area contributed by atoms with Crippen LogP contribution < -0.4 is 11.1 Å². The van der Waals surface area contributed by atoms with Gasteiger partial charge in [0.1, 0.15) is 0 Å². The summed E-state index contributed by atoms with van der Waals surface area (Å²) in [7, 11) is 0. The number of hydrogen-bond acceptors (Lipinski definition) is 2. The first-order valence-electron chi connectivity index (χ1n) is 5.74. The Bertz CT molecular complexity index is 621. The molecular formula is C14H11Cl2IN2O. The molecule has 3 nitrogen and oxygen atoms in total. The number of halogens is 3. The summed E-state index contributed by atoms with van der Waals surface area (Å²) >= 11 is 14.0. The molecule has 2 aromatic carbocycles. The molecule has 0 unspecified atom stereocenters. The fourth-order valence-electron chi connectivity index (χ4n) is 1.71. The number of nitrogens with two attached hydrogens (primary N) is 1. The molecule has 0 heterocycles. The van der Waals surface area contributed by atoms with Crippen molar-refractivity contribution in [2.24, 2.45) is 0 Å². The van der Waals surface area contributed by atoms with Crippen molar-refractivity contribution in [2.75, 3.05) is 5.73 Å². The zero-order valence-electron chi connectivity index (χ0n) is 10.3. The second kappa shape index (κ2) is 6.65. The maximum atomic E-state index is 12.1. The Kier molecular flexibility index (Phi) is 5.12. The number of nitrogens with one attached hydrogen (secondary N) is 1. The number of hydrogen-bond donors (Lipinski definition) is 2. The van der Waals surface area contributed by atoms with Crippen LogP contribution in [0.1, 0.15) is 15.9 Å². The average Bonchev–Trinajstić information content (AvgIpc) is 2.37. The Morgan fingerprint density at radius 3 is 2.45 bits per heavy atom. The Balaban J connectivity index is 2.11. The Morgan fingerprint density at radius 2 is 1.85 bits per heavy atom. The maximum absolute atomic E-state index is 12.1. The second-order valence-corrected chi connectivity index (χ2v) is 6.25. The standard InChI is InChI=1S/C14H11Cl2IN2O/c15-9-5-11(16)13(12(18)6-9)14(20)19-7-8-1-3-10(17)4-2-8/h1-6H,7,18H2,(H,19,20). The summed E-state index contributed by atoms with van der Waals surface area (Å²) in [5.41, 5.74) is 7.30. The van der Waals surface area contributed by atoms with Crippen molar-refractivity contribution in [1.29, 1.82) is 0 Å². The van der Waals surface area contributed by atoms with E-state index in [4.69, 9.17) is 28.9 Å². The van der Waals surface area contributed by atoms with Crippen LogP contribution in [0.2, 0.25) is 10.0 Å². The van der Waals surface area contributed by atoms with Crippen LogP contribution in [0.5, 0.6) is 0 Å². The molecule has 0 saturated carbocycles. The van der Waals surface area contributed by atoms with Crippen molar-refractivity contribution in [3.63, 3.8) is 0 Å². The predicted molar refractivity (Wildman–Crippen MR) is 91.2 cm³/mol. The van der Waals surface area contributed by atoms with Crippen LogP contribution in [0.25, 0.3) is 0 Å². The van der Waals surface area contributed by atoms with Crippen molar-refractivity contribution in [2.45, 2.75) is 6.54 Å².